The van der Waals surface area contributed by atoms with E-state index in [0.29, 0.717) is 40.6 Å². The molecule has 290 valence electrons. The Hall–Kier alpha value is -5.41. The maximum absolute atomic E-state index is 14.2. The summed E-state index contributed by atoms with van der Waals surface area (Å²) in [6.45, 7) is 5.82. The number of aromatic amines is 1. The molecule has 2 aliphatic heterocycles. The normalized spacial score (nSPS) is 24.3. The van der Waals surface area contributed by atoms with Crippen LogP contribution in [0.15, 0.2) is 76.6 Å². The number of hydrogen-bond acceptors (Lipinski definition) is 12. The topological polar surface area (TPSA) is 170 Å². The zero-order valence-corrected chi connectivity index (χ0v) is 32.4. The lowest BCUT2D eigenvalue weighted by Crippen LogP contribution is -2.42. The van der Waals surface area contributed by atoms with Gasteiger partial charge in [-0.05, 0) is 111 Å². The van der Waals surface area contributed by atoms with E-state index in [4.69, 9.17) is 18.9 Å². The van der Waals surface area contributed by atoms with Crippen molar-refractivity contribution < 1.29 is 42.9 Å². The van der Waals surface area contributed by atoms with Gasteiger partial charge in [-0.25, -0.2) is 9.59 Å². The summed E-state index contributed by atoms with van der Waals surface area (Å²) in [6.07, 6.45) is 0.723. The fourth-order valence-electron chi connectivity index (χ4n) is 8.96. The number of nitrogens with zero attached hydrogens (tertiary/aromatic N) is 1. The van der Waals surface area contributed by atoms with Crippen LogP contribution in [-0.2, 0) is 23.9 Å². The number of imide groups is 1. The summed E-state index contributed by atoms with van der Waals surface area (Å²) >= 11 is 2.76. The van der Waals surface area contributed by atoms with E-state index in [1.807, 2.05) is 19.1 Å². The first-order valence-electron chi connectivity index (χ1n) is 18.6. The molecule has 13 nitrogen and oxygen atoms in total. The fourth-order valence-corrected chi connectivity index (χ4v) is 11.8. The summed E-state index contributed by atoms with van der Waals surface area (Å²) in [4.78, 5) is 83.2. The second-order valence-electron chi connectivity index (χ2n) is 14.0. The van der Waals surface area contributed by atoms with E-state index in [9.17, 15) is 28.8 Å². The van der Waals surface area contributed by atoms with Crippen LogP contribution in [0.4, 0.5) is 11.4 Å². The van der Waals surface area contributed by atoms with Crippen LogP contribution in [0.5, 0.6) is 11.5 Å². The van der Waals surface area contributed by atoms with Crippen LogP contribution in [0.3, 0.4) is 0 Å². The van der Waals surface area contributed by atoms with Gasteiger partial charge in [0.2, 0.25) is 11.8 Å². The number of rotatable bonds is 12. The van der Waals surface area contributed by atoms with Crippen molar-refractivity contribution in [1.29, 1.82) is 0 Å². The molecule has 8 rings (SSSR count). The van der Waals surface area contributed by atoms with Crippen molar-refractivity contribution in [2.75, 3.05) is 36.6 Å². The van der Waals surface area contributed by atoms with Crippen LogP contribution < -0.4 is 24.6 Å². The molecule has 4 aliphatic rings. The molecular weight excluding hydrogens is 759 g/mol. The molecule has 7 atom stereocenters. The van der Waals surface area contributed by atoms with Gasteiger partial charge in [0.05, 0.1) is 53.5 Å². The summed E-state index contributed by atoms with van der Waals surface area (Å²) in [6, 6.07) is 18.3. The van der Waals surface area contributed by atoms with Gasteiger partial charge in [-0.2, -0.15) is 0 Å². The highest BCUT2D eigenvalue weighted by Crippen LogP contribution is 2.68. The number of thiazole rings is 1. The van der Waals surface area contributed by atoms with Crippen LogP contribution in [0, 0.1) is 29.6 Å². The maximum Gasteiger partial charge on any atom is 0.338 e. The molecule has 3 fully saturated rings. The highest BCUT2D eigenvalue weighted by atomic mass is 32.2. The van der Waals surface area contributed by atoms with Gasteiger partial charge in [0, 0.05) is 21.7 Å². The van der Waals surface area contributed by atoms with Crippen molar-refractivity contribution in [2.45, 2.75) is 43.4 Å². The van der Waals surface area contributed by atoms with Gasteiger partial charge < -0.3 is 29.2 Å². The summed E-state index contributed by atoms with van der Waals surface area (Å²) in [5.74, 6) is -2.47. The molecule has 2 aliphatic carbocycles. The molecule has 3 aromatic carbocycles. The van der Waals surface area contributed by atoms with Crippen LogP contribution in [-0.4, -0.2) is 66.3 Å². The molecule has 15 heteroatoms. The molecule has 4 aromatic rings. The standard InChI is InChI=1S/C41H39N3O10S2/c1-4-51-28-17-22(11-16-27(28)54-19-29(45)42-23-12-7-20(8-13-23)39(48)52-5-2)30-31-25-18-26(34(31)55-36-35(30)56-41(50)43-36)33-32(25)37(46)44(38(33)47)24-14-9-21(10-15-24)40(49)53-6-3/h7-17,25-26,30-34H,4-6,18-19H2,1-3H3,(H,42,45)(H,43,50)/t25-,26-,30-,31?,32?,33?,34?/m1/s1. The van der Waals surface area contributed by atoms with E-state index in [0.717, 1.165) is 33.2 Å². The molecule has 0 radical (unpaired) electrons. The van der Waals surface area contributed by atoms with E-state index >= 15 is 0 Å². The van der Waals surface area contributed by atoms with E-state index < -0.39 is 29.7 Å². The van der Waals surface area contributed by atoms with Crippen molar-refractivity contribution in [3.63, 3.8) is 0 Å². The largest absolute Gasteiger partial charge is 0.490 e. The van der Waals surface area contributed by atoms with Crippen molar-refractivity contribution in [3.8, 4) is 11.5 Å². The van der Waals surface area contributed by atoms with Crippen molar-refractivity contribution in [1.82, 2.24) is 4.98 Å². The summed E-state index contributed by atoms with van der Waals surface area (Å²) < 4.78 is 22.1. The van der Waals surface area contributed by atoms with Crippen LogP contribution in [0.25, 0.3) is 0 Å². The minimum atomic E-state index is -0.507. The molecule has 2 saturated carbocycles. The number of amides is 3. The number of H-pyrrole nitrogens is 1. The number of aromatic nitrogens is 1. The molecular formula is C41H39N3O10S2. The Morgan fingerprint density at radius 1 is 0.786 bits per heavy atom. The number of benzene rings is 3. The van der Waals surface area contributed by atoms with Gasteiger partial charge >= 0.3 is 16.8 Å². The van der Waals surface area contributed by atoms with E-state index in [1.165, 1.54) is 4.90 Å². The van der Waals surface area contributed by atoms with Gasteiger partial charge in [0.15, 0.2) is 18.1 Å². The second kappa shape index (κ2) is 15.3. The lowest BCUT2D eigenvalue weighted by Gasteiger charge is -2.43. The summed E-state index contributed by atoms with van der Waals surface area (Å²) in [5, 5.41) is 3.53. The third-order valence-corrected chi connectivity index (χ3v) is 13.6. The lowest BCUT2D eigenvalue weighted by molar-refractivity contribution is -0.123. The Labute approximate surface area is 330 Å². The molecule has 2 bridgehead atoms. The molecule has 1 saturated heterocycles. The number of ether oxygens (including phenoxy) is 4. The number of hydrogen-bond donors (Lipinski definition) is 2. The number of esters is 2. The number of nitrogens with one attached hydrogen (secondary N) is 2. The zero-order valence-electron chi connectivity index (χ0n) is 30.8. The monoisotopic (exact) mass is 797 g/mol. The van der Waals surface area contributed by atoms with E-state index in [2.05, 4.69) is 10.3 Å². The average molecular weight is 798 g/mol. The molecule has 4 unspecified atom stereocenters. The molecule has 3 amide bonds. The quantitative estimate of drug-likeness (QED) is 0.130. The summed E-state index contributed by atoms with van der Waals surface area (Å²) in [5.41, 5.74) is 2.51. The number of carbonyl (C=O) groups excluding carboxylic acids is 5. The third-order valence-electron chi connectivity index (χ3n) is 11.0. The van der Waals surface area contributed by atoms with Crippen LogP contribution in [0.2, 0.25) is 0 Å². The Bertz CT molecular complexity index is 2270. The minimum absolute atomic E-state index is 0.0200. The van der Waals surface area contributed by atoms with Gasteiger partial charge in [-0.15, -0.1) is 11.8 Å². The predicted molar refractivity (Wildman–Crippen MR) is 208 cm³/mol. The van der Waals surface area contributed by atoms with Crippen LogP contribution in [0.1, 0.15) is 64.3 Å². The predicted octanol–water partition coefficient (Wildman–Crippen LogP) is 5.88. The first-order valence-corrected chi connectivity index (χ1v) is 20.3. The zero-order chi connectivity index (χ0) is 39.2. The van der Waals surface area contributed by atoms with Gasteiger partial charge in [-0.3, -0.25) is 24.1 Å². The average Bonchev–Trinajstić information content (AvgIpc) is 3.93. The highest BCUT2D eigenvalue weighted by molar-refractivity contribution is 8.00. The van der Waals surface area contributed by atoms with Crippen molar-refractivity contribution in [2.24, 2.45) is 29.6 Å². The van der Waals surface area contributed by atoms with E-state index in [-0.39, 0.29) is 65.4 Å². The smallest absolute Gasteiger partial charge is 0.338 e. The molecule has 3 heterocycles. The van der Waals surface area contributed by atoms with Gasteiger partial charge in [-0.1, -0.05) is 17.4 Å². The second-order valence-corrected chi connectivity index (χ2v) is 16.2. The molecule has 0 spiro atoms. The van der Waals surface area contributed by atoms with Crippen LogP contribution >= 0.6 is 23.1 Å². The maximum atomic E-state index is 14.2. The molecule has 56 heavy (non-hydrogen) atoms. The lowest BCUT2D eigenvalue weighted by atomic mass is 9.68. The number of thioether (sulfide) groups is 1. The van der Waals surface area contributed by atoms with Gasteiger partial charge in [0.1, 0.15) is 0 Å². The van der Waals surface area contributed by atoms with Crippen molar-refractivity contribution in [3.05, 3.63) is 98.0 Å². The third kappa shape index (κ3) is 6.55. The fraction of sp³-hybridized carbons (Fsp3) is 0.366. The SMILES string of the molecule is CCOC(=O)c1ccc(NC(=O)COc2ccc([C@H]3c4sc(=O)[nH]c4SC4C3[C@H]3C[C@@H]4C4C(=O)N(c5ccc(C(=O)OCC)cc5)C(=O)C43)cc2OCC)cc1. The van der Waals surface area contributed by atoms with Crippen molar-refractivity contribution >= 4 is 64.1 Å². The number of anilines is 2. The van der Waals surface area contributed by atoms with E-state index in [1.54, 1.807) is 80.2 Å². The Kier molecular flexibility index (Phi) is 10.2. The Morgan fingerprint density at radius 2 is 1.43 bits per heavy atom. The highest BCUT2D eigenvalue weighted by Gasteiger charge is 2.69. The molecule has 2 N–H and O–H groups in total. The first kappa shape index (κ1) is 37.5. The molecule has 1 aromatic heterocycles. The minimum Gasteiger partial charge on any atom is -0.490 e. The summed E-state index contributed by atoms with van der Waals surface area (Å²) in [7, 11) is 0. The number of carbonyl (C=O) groups is 5. The first-order chi connectivity index (χ1) is 27.1. The Balaban J connectivity index is 1.03. The number of fused-ring (bicyclic) bond motifs is 9. The van der Waals surface area contributed by atoms with Gasteiger partial charge in [0.25, 0.3) is 5.91 Å². The Morgan fingerprint density at radius 3 is 2.07 bits per heavy atom.